The van der Waals surface area contributed by atoms with Crippen LogP contribution in [0.3, 0.4) is 0 Å². The summed E-state index contributed by atoms with van der Waals surface area (Å²) < 4.78 is 105. The molecule has 0 radical (unpaired) electrons. The Morgan fingerprint density at radius 2 is 1.24 bits per heavy atom. The summed E-state index contributed by atoms with van der Waals surface area (Å²) in [4.78, 5) is 3.44. The minimum absolute atomic E-state index is 0.0556. The van der Waals surface area contributed by atoms with Crippen molar-refractivity contribution >= 4 is 0 Å². The van der Waals surface area contributed by atoms with E-state index in [1.54, 1.807) is 0 Å². The molecule has 1 atom stereocenters. The number of nitrogens with zero attached hydrogens (tertiary/aromatic N) is 1. The molecule has 1 heterocycles. The summed E-state index contributed by atoms with van der Waals surface area (Å²) in [5, 5.41) is 10.3. The largest absolute Gasteiger partial charge is 0.457 e. The fourth-order valence-corrected chi connectivity index (χ4v) is 2.25. The monoisotopic (exact) mass is 371 g/mol. The number of benzene rings is 1. The van der Waals surface area contributed by atoms with Crippen molar-refractivity contribution in [2.24, 2.45) is 0 Å². The van der Waals surface area contributed by atoms with Gasteiger partial charge in [-0.1, -0.05) is 12.1 Å². The Morgan fingerprint density at radius 1 is 0.720 bits per heavy atom. The quantitative estimate of drug-likeness (QED) is 0.804. The first-order valence-electron chi connectivity index (χ1n) is 6.57. The fourth-order valence-electron chi connectivity index (χ4n) is 2.25. The predicted octanol–water partition coefficient (Wildman–Crippen LogP) is 4.53. The molecular weight excluding hydrogens is 362 g/mol. The highest BCUT2D eigenvalue weighted by molar-refractivity contribution is 5.41. The minimum atomic E-state index is -6.22. The van der Waals surface area contributed by atoms with Crippen LogP contribution in [0.25, 0.3) is 0 Å². The zero-order valence-corrected chi connectivity index (χ0v) is 12.0. The minimum Gasteiger partial charge on any atom is -0.374 e. The SMILES string of the molecule is OC(c1ccncc1)(c1cccc(C(F)(F)F)c1)C(F)(F)C(F)(F)F. The number of alkyl halides is 8. The van der Waals surface area contributed by atoms with Crippen molar-refractivity contribution in [2.45, 2.75) is 23.9 Å². The number of hydrogen-bond acceptors (Lipinski definition) is 2. The second kappa shape index (κ2) is 5.94. The lowest BCUT2D eigenvalue weighted by molar-refractivity contribution is -0.336. The van der Waals surface area contributed by atoms with Gasteiger partial charge in [0.25, 0.3) is 0 Å². The smallest absolute Gasteiger partial charge is 0.374 e. The molecule has 2 rings (SSSR count). The van der Waals surface area contributed by atoms with Gasteiger partial charge in [0.1, 0.15) is 0 Å². The second-order valence-electron chi connectivity index (χ2n) is 5.10. The Balaban J connectivity index is 2.78. The van der Waals surface area contributed by atoms with E-state index >= 15 is 0 Å². The van der Waals surface area contributed by atoms with Gasteiger partial charge in [-0.15, -0.1) is 0 Å². The van der Waals surface area contributed by atoms with E-state index in [9.17, 15) is 40.2 Å². The highest BCUT2D eigenvalue weighted by Gasteiger charge is 2.71. The van der Waals surface area contributed by atoms with Crippen LogP contribution in [0.4, 0.5) is 35.1 Å². The molecule has 1 aromatic heterocycles. The van der Waals surface area contributed by atoms with E-state index in [4.69, 9.17) is 0 Å². The van der Waals surface area contributed by atoms with Crippen molar-refractivity contribution < 1.29 is 40.2 Å². The van der Waals surface area contributed by atoms with Crippen LogP contribution in [0.2, 0.25) is 0 Å². The molecule has 0 spiro atoms. The third kappa shape index (κ3) is 3.17. The van der Waals surface area contributed by atoms with E-state index in [0.29, 0.717) is 30.3 Å². The molecule has 2 nitrogen and oxygen atoms in total. The number of aromatic nitrogens is 1. The normalized spacial score (nSPS) is 15.7. The van der Waals surface area contributed by atoms with Crippen LogP contribution in [0.1, 0.15) is 16.7 Å². The molecule has 2 aromatic rings. The average Bonchev–Trinajstić information content (AvgIpc) is 2.53. The highest BCUT2D eigenvalue weighted by atomic mass is 19.4. The first-order valence-corrected chi connectivity index (χ1v) is 6.57. The Kier molecular flexibility index (Phi) is 4.54. The van der Waals surface area contributed by atoms with E-state index < -0.39 is 40.6 Å². The van der Waals surface area contributed by atoms with Crippen molar-refractivity contribution in [2.75, 3.05) is 0 Å². The van der Waals surface area contributed by atoms with E-state index in [-0.39, 0.29) is 6.07 Å². The topological polar surface area (TPSA) is 33.1 Å². The Morgan fingerprint density at radius 3 is 1.72 bits per heavy atom. The van der Waals surface area contributed by atoms with Gasteiger partial charge in [0.05, 0.1) is 5.56 Å². The number of pyridine rings is 1. The maximum atomic E-state index is 14.1. The molecule has 0 saturated heterocycles. The molecule has 0 fully saturated rings. The lowest BCUT2D eigenvalue weighted by atomic mass is 9.80. The van der Waals surface area contributed by atoms with Gasteiger partial charge in [0.15, 0.2) is 5.60 Å². The standard InChI is InChI=1S/C15H9F8NO/c16-13(17,18)11-3-1-2-10(8-11)12(25,9-4-6-24-7-5-9)14(19,20)15(21,22)23/h1-8,25H. The van der Waals surface area contributed by atoms with Crippen LogP contribution >= 0.6 is 0 Å². The Bertz CT molecular complexity index is 741. The maximum absolute atomic E-state index is 14.1. The summed E-state index contributed by atoms with van der Waals surface area (Å²) in [6.45, 7) is 0. The van der Waals surface area contributed by atoms with Crippen molar-refractivity contribution in [3.8, 4) is 0 Å². The molecule has 0 aliphatic heterocycles. The van der Waals surface area contributed by atoms with E-state index in [2.05, 4.69) is 4.98 Å². The summed E-state index contributed by atoms with van der Waals surface area (Å²) in [5.74, 6) is -5.77. The Labute approximate surface area is 135 Å². The van der Waals surface area contributed by atoms with Crippen LogP contribution in [0, 0.1) is 0 Å². The number of halogens is 8. The molecule has 25 heavy (non-hydrogen) atoms. The predicted molar refractivity (Wildman–Crippen MR) is 69.7 cm³/mol. The summed E-state index contributed by atoms with van der Waals surface area (Å²) in [6, 6.07) is 3.08. The lowest BCUT2D eigenvalue weighted by Gasteiger charge is -2.37. The zero-order chi connectivity index (χ0) is 19.1. The summed E-state index contributed by atoms with van der Waals surface area (Å²) in [5.41, 5.74) is -7.76. The molecule has 0 aliphatic rings. The molecule has 1 aromatic carbocycles. The maximum Gasteiger partial charge on any atom is 0.457 e. The van der Waals surface area contributed by atoms with Gasteiger partial charge in [0.2, 0.25) is 0 Å². The molecule has 136 valence electrons. The van der Waals surface area contributed by atoms with Crippen molar-refractivity contribution in [3.63, 3.8) is 0 Å². The lowest BCUT2D eigenvalue weighted by Crippen LogP contribution is -2.55. The molecule has 1 unspecified atom stereocenters. The van der Waals surface area contributed by atoms with E-state index in [0.717, 1.165) is 12.4 Å². The van der Waals surface area contributed by atoms with Gasteiger partial charge >= 0.3 is 18.3 Å². The Hall–Kier alpha value is -2.23. The van der Waals surface area contributed by atoms with Gasteiger partial charge in [-0.3, -0.25) is 4.98 Å². The number of aliphatic hydroxyl groups is 1. The van der Waals surface area contributed by atoms with Crippen molar-refractivity contribution in [3.05, 3.63) is 65.5 Å². The zero-order valence-electron chi connectivity index (χ0n) is 12.0. The third-order valence-electron chi connectivity index (χ3n) is 3.52. The molecule has 0 saturated carbocycles. The van der Waals surface area contributed by atoms with Crippen LogP contribution < -0.4 is 0 Å². The third-order valence-corrected chi connectivity index (χ3v) is 3.52. The van der Waals surface area contributed by atoms with Gasteiger partial charge in [-0.2, -0.15) is 35.1 Å². The van der Waals surface area contributed by atoms with Crippen LogP contribution in [0.5, 0.6) is 0 Å². The molecule has 0 amide bonds. The first-order chi connectivity index (χ1) is 11.3. The molecule has 10 heteroatoms. The van der Waals surface area contributed by atoms with Gasteiger partial charge < -0.3 is 5.11 Å². The van der Waals surface area contributed by atoms with Gasteiger partial charge in [0, 0.05) is 12.4 Å². The van der Waals surface area contributed by atoms with E-state index in [1.807, 2.05) is 0 Å². The molecule has 1 N–H and O–H groups in total. The number of hydrogen-bond donors (Lipinski definition) is 1. The molecular formula is C15H9F8NO. The van der Waals surface area contributed by atoms with Crippen LogP contribution in [0.15, 0.2) is 48.8 Å². The highest BCUT2D eigenvalue weighted by Crippen LogP contribution is 2.52. The van der Waals surface area contributed by atoms with Gasteiger partial charge in [-0.25, -0.2) is 0 Å². The van der Waals surface area contributed by atoms with E-state index in [1.165, 1.54) is 0 Å². The first kappa shape index (κ1) is 19.1. The summed E-state index contributed by atoms with van der Waals surface area (Å²) in [7, 11) is 0. The van der Waals surface area contributed by atoms with Crippen LogP contribution in [-0.2, 0) is 11.8 Å². The van der Waals surface area contributed by atoms with Crippen LogP contribution in [-0.4, -0.2) is 22.2 Å². The van der Waals surface area contributed by atoms with Crippen molar-refractivity contribution in [1.82, 2.24) is 4.98 Å². The number of rotatable bonds is 3. The molecule has 0 bridgehead atoms. The van der Waals surface area contributed by atoms with Gasteiger partial charge in [-0.05, 0) is 35.4 Å². The average molecular weight is 371 g/mol. The second-order valence-corrected chi connectivity index (χ2v) is 5.10. The fraction of sp³-hybridized carbons (Fsp3) is 0.267. The summed E-state index contributed by atoms with van der Waals surface area (Å²) in [6.07, 6.45) is -9.55. The summed E-state index contributed by atoms with van der Waals surface area (Å²) >= 11 is 0. The molecule has 0 aliphatic carbocycles. The van der Waals surface area contributed by atoms with Crippen molar-refractivity contribution in [1.29, 1.82) is 0 Å².